The molecule has 0 fully saturated rings. The summed E-state index contributed by atoms with van der Waals surface area (Å²) in [5.74, 6) is 3.21. The number of nitrogens with two attached hydrogens (primary N) is 1. The standard InChI is InChI=1S/C9H14N4S/c1-2-6-14-7-5-11-9-4-3-8(10)12-13-9/h2-4H,1,5-7H2,(H2,10,12)(H,11,13). The molecule has 0 saturated heterocycles. The average Bonchev–Trinajstić information content (AvgIpc) is 2.21. The Kier molecular flexibility index (Phi) is 4.85. The van der Waals surface area contributed by atoms with Gasteiger partial charge in [-0.2, -0.15) is 11.8 Å². The van der Waals surface area contributed by atoms with Gasteiger partial charge in [0.1, 0.15) is 11.6 Å². The maximum absolute atomic E-state index is 5.40. The van der Waals surface area contributed by atoms with Crippen molar-refractivity contribution in [2.75, 3.05) is 29.1 Å². The summed E-state index contributed by atoms with van der Waals surface area (Å²) in [6.07, 6.45) is 1.90. The van der Waals surface area contributed by atoms with Gasteiger partial charge in [-0.3, -0.25) is 0 Å². The van der Waals surface area contributed by atoms with Crippen molar-refractivity contribution in [1.29, 1.82) is 0 Å². The number of anilines is 2. The van der Waals surface area contributed by atoms with Crippen LogP contribution in [0.2, 0.25) is 0 Å². The van der Waals surface area contributed by atoms with Crippen molar-refractivity contribution in [2.24, 2.45) is 0 Å². The van der Waals surface area contributed by atoms with Gasteiger partial charge < -0.3 is 11.1 Å². The molecule has 0 aliphatic heterocycles. The lowest BCUT2D eigenvalue weighted by molar-refractivity contribution is 1.02. The van der Waals surface area contributed by atoms with Crippen LogP contribution in [-0.2, 0) is 0 Å². The van der Waals surface area contributed by atoms with Crippen LogP contribution in [-0.4, -0.2) is 28.2 Å². The molecule has 5 heteroatoms. The molecule has 1 aromatic rings. The van der Waals surface area contributed by atoms with Gasteiger partial charge in [0, 0.05) is 18.1 Å². The van der Waals surface area contributed by atoms with Crippen LogP contribution in [0, 0.1) is 0 Å². The molecule has 0 saturated carbocycles. The molecule has 0 atom stereocenters. The highest BCUT2D eigenvalue weighted by atomic mass is 32.2. The lowest BCUT2D eigenvalue weighted by Crippen LogP contribution is -2.07. The van der Waals surface area contributed by atoms with E-state index in [1.807, 2.05) is 23.9 Å². The third-order valence-electron chi connectivity index (χ3n) is 1.47. The Hall–Kier alpha value is -1.23. The molecule has 0 spiro atoms. The fourth-order valence-corrected chi connectivity index (χ4v) is 1.43. The van der Waals surface area contributed by atoms with E-state index in [-0.39, 0.29) is 0 Å². The lowest BCUT2D eigenvalue weighted by Gasteiger charge is -2.03. The highest BCUT2D eigenvalue weighted by Crippen LogP contribution is 2.03. The molecule has 14 heavy (non-hydrogen) atoms. The van der Waals surface area contributed by atoms with E-state index in [0.29, 0.717) is 5.82 Å². The van der Waals surface area contributed by atoms with Crippen molar-refractivity contribution in [1.82, 2.24) is 10.2 Å². The zero-order valence-electron chi connectivity index (χ0n) is 7.94. The number of hydrogen-bond donors (Lipinski definition) is 2. The van der Waals surface area contributed by atoms with Gasteiger partial charge in [0.25, 0.3) is 0 Å². The van der Waals surface area contributed by atoms with Crippen molar-refractivity contribution in [3.8, 4) is 0 Å². The van der Waals surface area contributed by atoms with Crippen LogP contribution in [0.1, 0.15) is 0 Å². The second-order valence-electron chi connectivity index (χ2n) is 2.63. The van der Waals surface area contributed by atoms with Gasteiger partial charge in [-0.05, 0) is 12.1 Å². The minimum atomic E-state index is 0.441. The molecular formula is C9H14N4S. The van der Waals surface area contributed by atoms with Gasteiger partial charge >= 0.3 is 0 Å². The van der Waals surface area contributed by atoms with Crippen molar-refractivity contribution in [2.45, 2.75) is 0 Å². The summed E-state index contributed by atoms with van der Waals surface area (Å²) in [7, 11) is 0. The third kappa shape index (κ3) is 4.13. The topological polar surface area (TPSA) is 63.8 Å². The summed E-state index contributed by atoms with van der Waals surface area (Å²) in [5.41, 5.74) is 5.40. The Morgan fingerprint density at radius 1 is 1.50 bits per heavy atom. The van der Waals surface area contributed by atoms with Crippen LogP contribution < -0.4 is 11.1 Å². The number of nitrogens with zero attached hydrogens (tertiary/aromatic N) is 2. The van der Waals surface area contributed by atoms with Crippen LogP contribution in [0.4, 0.5) is 11.6 Å². The predicted molar refractivity (Wildman–Crippen MR) is 62.5 cm³/mol. The average molecular weight is 210 g/mol. The normalized spacial score (nSPS) is 9.71. The van der Waals surface area contributed by atoms with Gasteiger partial charge in [0.05, 0.1) is 0 Å². The van der Waals surface area contributed by atoms with Crippen LogP contribution in [0.15, 0.2) is 24.8 Å². The zero-order valence-corrected chi connectivity index (χ0v) is 8.76. The molecule has 0 amide bonds. The van der Waals surface area contributed by atoms with Crippen molar-refractivity contribution in [3.63, 3.8) is 0 Å². The number of nitrogen functional groups attached to an aromatic ring is 1. The molecule has 0 radical (unpaired) electrons. The fourth-order valence-electron chi connectivity index (χ4n) is 0.855. The van der Waals surface area contributed by atoms with E-state index in [0.717, 1.165) is 23.9 Å². The molecule has 0 bridgehead atoms. The Morgan fingerprint density at radius 2 is 2.36 bits per heavy atom. The summed E-state index contributed by atoms with van der Waals surface area (Å²) >= 11 is 1.82. The molecule has 0 aromatic carbocycles. The summed E-state index contributed by atoms with van der Waals surface area (Å²) in [6, 6.07) is 3.55. The number of thioether (sulfide) groups is 1. The first-order valence-electron chi connectivity index (χ1n) is 4.34. The number of hydrogen-bond acceptors (Lipinski definition) is 5. The molecular weight excluding hydrogens is 196 g/mol. The van der Waals surface area contributed by atoms with Gasteiger partial charge in [-0.15, -0.1) is 16.8 Å². The molecule has 4 nitrogen and oxygen atoms in total. The first kappa shape index (κ1) is 10.8. The van der Waals surface area contributed by atoms with E-state index in [4.69, 9.17) is 5.73 Å². The third-order valence-corrected chi connectivity index (χ3v) is 2.44. The van der Waals surface area contributed by atoms with Gasteiger partial charge in [0.15, 0.2) is 0 Å². The van der Waals surface area contributed by atoms with Crippen molar-refractivity contribution in [3.05, 3.63) is 24.8 Å². The van der Waals surface area contributed by atoms with Crippen molar-refractivity contribution < 1.29 is 0 Å². The van der Waals surface area contributed by atoms with E-state index in [1.165, 1.54) is 0 Å². The zero-order chi connectivity index (χ0) is 10.2. The van der Waals surface area contributed by atoms with Crippen LogP contribution >= 0.6 is 11.8 Å². The first-order valence-corrected chi connectivity index (χ1v) is 5.50. The maximum atomic E-state index is 5.40. The quantitative estimate of drug-likeness (QED) is 0.549. The molecule has 0 aliphatic carbocycles. The molecule has 1 aromatic heterocycles. The summed E-state index contributed by atoms with van der Waals surface area (Å²) < 4.78 is 0. The summed E-state index contributed by atoms with van der Waals surface area (Å²) in [5, 5.41) is 10.8. The van der Waals surface area contributed by atoms with Crippen LogP contribution in [0.25, 0.3) is 0 Å². The van der Waals surface area contributed by atoms with E-state index in [2.05, 4.69) is 22.1 Å². The van der Waals surface area contributed by atoms with E-state index < -0.39 is 0 Å². The molecule has 1 rings (SSSR count). The SMILES string of the molecule is C=CCSCCNc1ccc(N)nn1. The number of rotatable bonds is 6. The second-order valence-corrected chi connectivity index (χ2v) is 3.78. The fraction of sp³-hybridized carbons (Fsp3) is 0.333. The molecule has 3 N–H and O–H groups in total. The second kappa shape index (κ2) is 6.26. The number of nitrogens with one attached hydrogen (secondary N) is 1. The minimum absolute atomic E-state index is 0.441. The molecule has 1 heterocycles. The molecule has 76 valence electrons. The van der Waals surface area contributed by atoms with E-state index >= 15 is 0 Å². The molecule has 0 aliphatic rings. The highest BCUT2D eigenvalue weighted by Gasteiger charge is 1.93. The Balaban J connectivity index is 2.18. The Bertz CT molecular complexity index is 273. The van der Waals surface area contributed by atoms with Gasteiger partial charge in [-0.1, -0.05) is 6.08 Å². The number of aromatic nitrogens is 2. The Morgan fingerprint density at radius 3 is 3.00 bits per heavy atom. The Labute approximate surface area is 88.0 Å². The predicted octanol–water partition coefficient (Wildman–Crippen LogP) is 1.39. The van der Waals surface area contributed by atoms with E-state index in [9.17, 15) is 0 Å². The minimum Gasteiger partial charge on any atom is -0.382 e. The molecule has 0 unspecified atom stereocenters. The first-order chi connectivity index (χ1) is 6.83. The highest BCUT2D eigenvalue weighted by molar-refractivity contribution is 7.99. The van der Waals surface area contributed by atoms with Gasteiger partial charge in [0.2, 0.25) is 0 Å². The largest absolute Gasteiger partial charge is 0.382 e. The van der Waals surface area contributed by atoms with Crippen molar-refractivity contribution >= 4 is 23.4 Å². The van der Waals surface area contributed by atoms with Gasteiger partial charge in [-0.25, -0.2) is 0 Å². The lowest BCUT2D eigenvalue weighted by atomic mass is 10.5. The maximum Gasteiger partial charge on any atom is 0.148 e. The van der Waals surface area contributed by atoms with E-state index in [1.54, 1.807) is 6.07 Å². The summed E-state index contributed by atoms with van der Waals surface area (Å²) in [4.78, 5) is 0. The smallest absolute Gasteiger partial charge is 0.148 e. The monoisotopic (exact) mass is 210 g/mol. The van der Waals surface area contributed by atoms with Crippen LogP contribution in [0.3, 0.4) is 0 Å². The van der Waals surface area contributed by atoms with Crippen LogP contribution in [0.5, 0.6) is 0 Å². The summed E-state index contributed by atoms with van der Waals surface area (Å²) in [6.45, 7) is 4.52.